The summed E-state index contributed by atoms with van der Waals surface area (Å²) in [5.74, 6) is 2.11. The monoisotopic (exact) mass is 384 g/mol. The molecule has 1 amide bonds. The average molecular weight is 384 g/mol. The normalized spacial score (nSPS) is 10.6. The van der Waals surface area contributed by atoms with Gasteiger partial charge < -0.3 is 14.5 Å². The van der Waals surface area contributed by atoms with Crippen LogP contribution in [0.15, 0.2) is 64.9 Å². The molecule has 0 fully saturated rings. The Morgan fingerprint density at radius 2 is 2.19 bits per heavy atom. The van der Waals surface area contributed by atoms with Crippen molar-refractivity contribution in [3.05, 3.63) is 60.9 Å². The molecule has 0 aliphatic rings. The fraction of sp³-hybridized carbons (Fsp3) is 0.211. The van der Waals surface area contributed by atoms with E-state index in [9.17, 15) is 4.79 Å². The molecule has 0 spiro atoms. The molecule has 0 radical (unpaired) electrons. The molecule has 8 heteroatoms. The first-order valence-electron chi connectivity index (χ1n) is 8.32. The van der Waals surface area contributed by atoms with E-state index in [2.05, 4.69) is 22.1 Å². The van der Waals surface area contributed by atoms with E-state index in [1.54, 1.807) is 25.5 Å². The van der Waals surface area contributed by atoms with Crippen LogP contribution in [0.1, 0.15) is 5.56 Å². The smallest absolute Gasteiger partial charge is 0.230 e. The maximum absolute atomic E-state index is 12.2. The first kappa shape index (κ1) is 18.8. The number of thioether (sulfide) groups is 1. The molecule has 0 aliphatic carbocycles. The number of amides is 1. The fourth-order valence-corrected chi connectivity index (χ4v) is 3.28. The molecule has 1 aromatic carbocycles. The van der Waals surface area contributed by atoms with E-state index in [1.807, 2.05) is 34.9 Å². The van der Waals surface area contributed by atoms with E-state index < -0.39 is 0 Å². The van der Waals surface area contributed by atoms with Gasteiger partial charge in [-0.05, 0) is 18.2 Å². The van der Waals surface area contributed by atoms with Crippen LogP contribution in [0.2, 0.25) is 0 Å². The summed E-state index contributed by atoms with van der Waals surface area (Å²) in [6, 6.07) is 11.2. The van der Waals surface area contributed by atoms with Crippen molar-refractivity contribution in [1.29, 1.82) is 0 Å². The summed E-state index contributed by atoms with van der Waals surface area (Å²) in [6.45, 7) is 4.69. The maximum atomic E-state index is 12.2. The molecule has 0 aliphatic heterocycles. The Balaban J connectivity index is 1.61. The second-order valence-electron chi connectivity index (χ2n) is 5.56. The Morgan fingerprint density at radius 3 is 2.93 bits per heavy atom. The lowest BCUT2D eigenvalue weighted by molar-refractivity contribution is -0.118. The number of para-hydroxylation sites is 1. The Morgan fingerprint density at radius 1 is 1.33 bits per heavy atom. The van der Waals surface area contributed by atoms with Crippen LogP contribution in [0.5, 0.6) is 5.75 Å². The Kier molecular flexibility index (Phi) is 6.32. The summed E-state index contributed by atoms with van der Waals surface area (Å²) >= 11 is 1.31. The number of furan rings is 1. The highest BCUT2D eigenvalue weighted by Crippen LogP contribution is 2.24. The molecule has 27 heavy (non-hydrogen) atoms. The Labute approximate surface area is 161 Å². The van der Waals surface area contributed by atoms with Crippen molar-refractivity contribution in [3.63, 3.8) is 0 Å². The molecule has 3 aromatic rings. The van der Waals surface area contributed by atoms with Crippen molar-refractivity contribution in [2.24, 2.45) is 0 Å². The van der Waals surface area contributed by atoms with Crippen LogP contribution in [0, 0.1) is 0 Å². The van der Waals surface area contributed by atoms with Gasteiger partial charge in [0.05, 0.1) is 19.1 Å². The molecule has 0 saturated heterocycles. The van der Waals surface area contributed by atoms with Gasteiger partial charge in [0.25, 0.3) is 0 Å². The highest BCUT2D eigenvalue weighted by molar-refractivity contribution is 7.99. The molecule has 1 N–H and O–H groups in total. The predicted octanol–water partition coefficient (Wildman–Crippen LogP) is 3.14. The average Bonchev–Trinajstić information content (AvgIpc) is 3.35. The fourth-order valence-electron chi connectivity index (χ4n) is 2.50. The van der Waals surface area contributed by atoms with Gasteiger partial charge in [-0.25, -0.2) is 0 Å². The molecular formula is C19H20N4O3S. The Hall–Kier alpha value is -3.00. The lowest BCUT2D eigenvalue weighted by atomic mass is 10.2. The second kappa shape index (κ2) is 9.09. The van der Waals surface area contributed by atoms with Crippen molar-refractivity contribution in [3.8, 4) is 17.3 Å². The van der Waals surface area contributed by atoms with Gasteiger partial charge in [-0.1, -0.05) is 36.0 Å². The molecule has 0 atom stereocenters. The third-order valence-electron chi connectivity index (χ3n) is 3.77. The van der Waals surface area contributed by atoms with Gasteiger partial charge >= 0.3 is 0 Å². The van der Waals surface area contributed by atoms with E-state index in [1.165, 1.54) is 11.8 Å². The molecule has 3 rings (SSSR count). The maximum Gasteiger partial charge on any atom is 0.230 e. The lowest BCUT2D eigenvalue weighted by Crippen LogP contribution is -2.25. The highest BCUT2D eigenvalue weighted by atomic mass is 32.2. The van der Waals surface area contributed by atoms with Crippen molar-refractivity contribution in [2.45, 2.75) is 18.2 Å². The van der Waals surface area contributed by atoms with Crippen LogP contribution in [0.3, 0.4) is 0 Å². The number of nitrogens with one attached hydrogen (secondary N) is 1. The number of hydrogen-bond donors (Lipinski definition) is 1. The van der Waals surface area contributed by atoms with Crippen molar-refractivity contribution >= 4 is 17.7 Å². The van der Waals surface area contributed by atoms with E-state index in [-0.39, 0.29) is 11.7 Å². The van der Waals surface area contributed by atoms with Gasteiger partial charge in [0.15, 0.2) is 10.9 Å². The quantitative estimate of drug-likeness (QED) is 0.451. The number of nitrogens with zero attached hydrogens (tertiary/aromatic N) is 3. The molecular weight excluding hydrogens is 364 g/mol. The highest BCUT2D eigenvalue weighted by Gasteiger charge is 2.16. The zero-order valence-corrected chi connectivity index (χ0v) is 15.7. The number of ether oxygens (including phenoxy) is 1. The molecule has 0 bridgehead atoms. The number of carbonyl (C=O) groups excluding carboxylic acids is 1. The van der Waals surface area contributed by atoms with Gasteiger partial charge in [0.1, 0.15) is 5.75 Å². The van der Waals surface area contributed by atoms with Crippen LogP contribution < -0.4 is 10.1 Å². The molecule has 2 heterocycles. The number of methoxy groups -OCH3 is 1. The standard InChI is InChI=1S/C19H20N4O3S/c1-3-10-23-18(16-9-6-11-26-16)21-22-19(23)27-13-17(24)20-12-14-7-4-5-8-15(14)25-2/h3-9,11H,1,10,12-13H2,2H3,(H,20,24). The number of benzene rings is 1. The SMILES string of the molecule is C=CCn1c(SCC(=O)NCc2ccccc2OC)nnc1-c1ccco1. The Bertz CT molecular complexity index is 906. The largest absolute Gasteiger partial charge is 0.496 e. The van der Waals surface area contributed by atoms with Crippen molar-refractivity contribution < 1.29 is 13.9 Å². The predicted molar refractivity (Wildman–Crippen MR) is 103 cm³/mol. The summed E-state index contributed by atoms with van der Waals surface area (Å²) in [4.78, 5) is 12.2. The number of hydrogen-bond acceptors (Lipinski definition) is 6. The molecule has 0 unspecified atom stereocenters. The van der Waals surface area contributed by atoms with Crippen LogP contribution in [0.25, 0.3) is 11.6 Å². The topological polar surface area (TPSA) is 82.2 Å². The van der Waals surface area contributed by atoms with Gasteiger partial charge in [-0.3, -0.25) is 9.36 Å². The first-order valence-corrected chi connectivity index (χ1v) is 9.31. The minimum absolute atomic E-state index is 0.0985. The number of rotatable bonds is 9. The minimum Gasteiger partial charge on any atom is -0.496 e. The summed E-state index contributed by atoms with van der Waals surface area (Å²) in [5.41, 5.74) is 0.924. The minimum atomic E-state index is -0.0985. The van der Waals surface area contributed by atoms with Crippen LogP contribution in [0.4, 0.5) is 0 Å². The third-order valence-corrected chi connectivity index (χ3v) is 4.74. The van der Waals surface area contributed by atoms with Crippen LogP contribution >= 0.6 is 11.8 Å². The number of allylic oxidation sites excluding steroid dienone is 1. The lowest BCUT2D eigenvalue weighted by Gasteiger charge is -2.09. The first-order chi connectivity index (χ1) is 13.2. The zero-order valence-electron chi connectivity index (χ0n) is 14.9. The van der Waals surface area contributed by atoms with Gasteiger partial charge in [-0.2, -0.15) is 0 Å². The van der Waals surface area contributed by atoms with Crippen LogP contribution in [-0.4, -0.2) is 33.5 Å². The van der Waals surface area contributed by atoms with Crippen molar-refractivity contribution in [2.75, 3.05) is 12.9 Å². The number of carbonyl (C=O) groups is 1. The summed E-state index contributed by atoms with van der Waals surface area (Å²) in [6.07, 6.45) is 3.34. The van der Waals surface area contributed by atoms with E-state index in [0.29, 0.717) is 29.8 Å². The van der Waals surface area contributed by atoms with Crippen LogP contribution in [-0.2, 0) is 17.9 Å². The molecule has 140 valence electrons. The molecule has 0 saturated carbocycles. The number of aromatic nitrogens is 3. The summed E-state index contributed by atoms with van der Waals surface area (Å²) < 4.78 is 12.6. The van der Waals surface area contributed by atoms with Gasteiger partial charge in [-0.15, -0.1) is 16.8 Å². The third kappa shape index (κ3) is 4.59. The molecule has 7 nitrogen and oxygen atoms in total. The summed E-state index contributed by atoms with van der Waals surface area (Å²) in [7, 11) is 1.61. The molecule has 2 aromatic heterocycles. The summed E-state index contributed by atoms with van der Waals surface area (Å²) in [5, 5.41) is 11.9. The van der Waals surface area contributed by atoms with Crippen molar-refractivity contribution in [1.82, 2.24) is 20.1 Å². The van der Waals surface area contributed by atoms with E-state index in [0.717, 1.165) is 11.3 Å². The second-order valence-corrected chi connectivity index (χ2v) is 6.50. The van der Waals surface area contributed by atoms with Gasteiger partial charge in [0, 0.05) is 18.7 Å². The zero-order chi connectivity index (χ0) is 19.1. The van der Waals surface area contributed by atoms with E-state index in [4.69, 9.17) is 9.15 Å². The van der Waals surface area contributed by atoms with Gasteiger partial charge in [0.2, 0.25) is 11.7 Å². The van der Waals surface area contributed by atoms with E-state index >= 15 is 0 Å².